The van der Waals surface area contributed by atoms with E-state index in [2.05, 4.69) is 5.32 Å². The molecule has 2 N–H and O–H groups in total. The summed E-state index contributed by atoms with van der Waals surface area (Å²) in [6, 6.07) is 7.63. The molecule has 0 aliphatic carbocycles. The van der Waals surface area contributed by atoms with Crippen LogP contribution in [-0.2, 0) is 11.2 Å². The number of hydrogen-bond acceptors (Lipinski definition) is 3. The van der Waals surface area contributed by atoms with Crippen LogP contribution in [0.15, 0.2) is 34.9 Å². The van der Waals surface area contributed by atoms with Crippen molar-refractivity contribution < 1.29 is 19.1 Å². The average molecular weight is 301 g/mol. The molecule has 0 spiro atoms. The number of rotatable bonds is 5. The van der Waals surface area contributed by atoms with E-state index in [0.29, 0.717) is 11.1 Å². The van der Waals surface area contributed by atoms with Gasteiger partial charge in [0, 0.05) is 5.56 Å². The summed E-state index contributed by atoms with van der Waals surface area (Å²) in [5, 5.41) is 11.8. The molecule has 0 aliphatic rings. The first-order chi connectivity index (χ1) is 10.4. The van der Waals surface area contributed by atoms with E-state index in [9.17, 15) is 9.59 Å². The number of nitrogens with one attached hydrogen (secondary N) is 1. The Balaban J connectivity index is 2.21. The number of aliphatic carboxylic acids is 1. The van der Waals surface area contributed by atoms with Gasteiger partial charge in [-0.15, -0.1) is 0 Å². The zero-order valence-corrected chi connectivity index (χ0v) is 12.8. The van der Waals surface area contributed by atoms with Gasteiger partial charge in [-0.25, -0.2) is 0 Å². The SMILES string of the molecule is Cc1ccccc1C(C)NC(=O)c1c(C)coc1CC(=O)O. The molecule has 1 unspecified atom stereocenters. The number of amides is 1. The number of benzene rings is 1. The van der Waals surface area contributed by atoms with Crippen molar-refractivity contribution in [2.24, 2.45) is 0 Å². The van der Waals surface area contributed by atoms with Crippen LogP contribution in [0, 0.1) is 13.8 Å². The van der Waals surface area contributed by atoms with Gasteiger partial charge in [0.25, 0.3) is 5.91 Å². The normalized spacial score (nSPS) is 12.0. The fourth-order valence-electron chi connectivity index (χ4n) is 2.49. The fraction of sp³-hybridized carbons (Fsp3) is 0.294. The highest BCUT2D eigenvalue weighted by molar-refractivity contribution is 5.97. The summed E-state index contributed by atoms with van der Waals surface area (Å²) in [5.74, 6) is -1.17. The minimum absolute atomic E-state index is 0.180. The van der Waals surface area contributed by atoms with E-state index in [0.717, 1.165) is 11.1 Å². The number of carboxylic acid groups (broad SMARTS) is 1. The van der Waals surface area contributed by atoms with E-state index in [1.165, 1.54) is 6.26 Å². The first kappa shape index (κ1) is 15.8. The second kappa shape index (κ2) is 6.47. The van der Waals surface area contributed by atoms with Gasteiger partial charge in [-0.3, -0.25) is 9.59 Å². The molecule has 0 saturated carbocycles. The van der Waals surface area contributed by atoms with Crippen LogP contribution in [0.2, 0.25) is 0 Å². The van der Waals surface area contributed by atoms with Crippen LogP contribution in [0.25, 0.3) is 0 Å². The van der Waals surface area contributed by atoms with Crippen molar-refractivity contribution in [1.82, 2.24) is 5.32 Å². The molecule has 5 heteroatoms. The molecule has 5 nitrogen and oxygen atoms in total. The summed E-state index contributed by atoms with van der Waals surface area (Å²) in [7, 11) is 0. The third-order valence-corrected chi connectivity index (χ3v) is 3.59. The van der Waals surface area contributed by atoms with Crippen molar-refractivity contribution in [3.63, 3.8) is 0 Å². The molecule has 2 aromatic rings. The number of carbonyl (C=O) groups excluding carboxylic acids is 1. The highest BCUT2D eigenvalue weighted by Gasteiger charge is 2.22. The van der Waals surface area contributed by atoms with Gasteiger partial charge in [-0.1, -0.05) is 24.3 Å². The highest BCUT2D eigenvalue weighted by Crippen LogP contribution is 2.21. The summed E-state index contributed by atoms with van der Waals surface area (Å²) >= 11 is 0. The van der Waals surface area contributed by atoms with Crippen LogP contribution >= 0.6 is 0 Å². The van der Waals surface area contributed by atoms with Crippen molar-refractivity contribution in [3.8, 4) is 0 Å². The molecule has 1 heterocycles. The lowest BCUT2D eigenvalue weighted by Gasteiger charge is -2.16. The summed E-state index contributed by atoms with van der Waals surface area (Å²) in [6.07, 6.45) is 1.10. The predicted molar refractivity (Wildman–Crippen MR) is 81.8 cm³/mol. The molecule has 1 atom stereocenters. The van der Waals surface area contributed by atoms with E-state index in [4.69, 9.17) is 9.52 Å². The van der Waals surface area contributed by atoms with Gasteiger partial charge in [0.05, 0.1) is 17.9 Å². The molecule has 116 valence electrons. The Labute approximate surface area is 129 Å². The Morgan fingerprint density at radius 1 is 1.23 bits per heavy atom. The second-order valence-electron chi connectivity index (χ2n) is 5.34. The molecule has 0 bridgehead atoms. The number of furan rings is 1. The van der Waals surface area contributed by atoms with E-state index in [-0.39, 0.29) is 24.1 Å². The van der Waals surface area contributed by atoms with E-state index < -0.39 is 5.97 Å². The molecule has 1 aromatic heterocycles. The van der Waals surface area contributed by atoms with Crippen LogP contribution in [0.4, 0.5) is 0 Å². The standard InChI is InChI=1S/C17H19NO4/c1-10-6-4-5-7-13(10)12(3)18-17(21)16-11(2)9-22-14(16)8-15(19)20/h4-7,9,12H,8H2,1-3H3,(H,18,21)(H,19,20). The first-order valence-electron chi connectivity index (χ1n) is 7.05. The number of aryl methyl sites for hydroxylation is 2. The van der Waals surface area contributed by atoms with Crippen LogP contribution in [0.3, 0.4) is 0 Å². The lowest BCUT2D eigenvalue weighted by atomic mass is 10.0. The fourth-order valence-corrected chi connectivity index (χ4v) is 2.49. The second-order valence-corrected chi connectivity index (χ2v) is 5.34. The molecule has 1 amide bonds. The number of carboxylic acids is 1. The molecule has 0 saturated heterocycles. The molecule has 0 aliphatic heterocycles. The quantitative estimate of drug-likeness (QED) is 0.889. The average Bonchev–Trinajstić information content (AvgIpc) is 2.79. The van der Waals surface area contributed by atoms with Gasteiger partial charge in [0.1, 0.15) is 12.2 Å². The Morgan fingerprint density at radius 3 is 2.55 bits per heavy atom. The Hall–Kier alpha value is -2.56. The van der Waals surface area contributed by atoms with Crippen molar-refractivity contribution in [1.29, 1.82) is 0 Å². The van der Waals surface area contributed by atoms with Crippen molar-refractivity contribution >= 4 is 11.9 Å². The molecule has 0 radical (unpaired) electrons. The number of hydrogen-bond donors (Lipinski definition) is 2. The van der Waals surface area contributed by atoms with E-state index >= 15 is 0 Å². The minimum Gasteiger partial charge on any atom is -0.481 e. The lowest BCUT2D eigenvalue weighted by Crippen LogP contribution is -2.28. The number of carbonyl (C=O) groups is 2. The van der Waals surface area contributed by atoms with Crippen molar-refractivity contribution in [3.05, 3.63) is 58.5 Å². The Bertz CT molecular complexity index is 702. The largest absolute Gasteiger partial charge is 0.481 e. The van der Waals surface area contributed by atoms with Crippen molar-refractivity contribution in [2.45, 2.75) is 33.2 Å². The maximum Gasteiger partial charge on any atom is 0.311 e. The summed E-state index contributed by atoms with van der Waals surface area (Å²) in [5.41, 5.74) is 3.05. The van der Waals surface area contributed by atoms with Gasteiger partial charge in [-0.2, -0.15) is 0 Å². The van der Waals surface area contributed by atoms with Gasteiger partial charge < -0.3 is 14.8 Å². The minimum atomic E-state index is -1.03. The van der Waals surface area contributed by atoms with Gasteiger partial charge in [0.15, 0.2) is 0 Å². The van der Waals surface area contributed by atoms with Crippen LogP contribution in [-0.4, -0.2) is 17.0 Å². The summed E-state index contributed by atoms with van der Waals surface area (Å²) in [6.45, 7) is 5.60. The predicted octanol–water partition coefficient (Wildman–Crippen LogP) is 3.01. The van der Waals surface area contributed by atoms with Gasteiger partial charge in [0.2, 0.25) is 0 Å². The zero-order chi connectivity index (χ0) is 16.3. The highest BCUT2D eigenvalue weighted by atomic mass is 16.4. The Morgan fingerprint density at radius 2 is 1.91 bits per heavy atom. The van der Waals surface area contributed by atoms with Gasteiger partial charge in [-0.05, 0) is 31.9 Å². The molecule has 0 fully saturated rings. The maximum atomic E-state index is 12.5. The maximum absolute atomic E-state index is 12.5. The molecular weight excluding hydrogens is 282 g/mol. The van der Waals surface area contributed by atoms with Crippen LogP contribution in [0.5, 0.6) is 0 Å². The van der Waals surface area contributed by atoms with E-state index in [1.807, 2.05) is 38.1 Å². The zero-order valence-electron chi connectivity index (χ0n) is 12.8. The molecule has 1 aromatic carbocycles. The van der Waals surface area contributed by atoms with Crippen LogP contribution in [0.1, 0.15) is 45.8 Å². The molecule has 2 rings (SSSR count). The summed E-state index contributed by atoms with van der Waals surface area (Å²) in [4.78, 5) is 23.3. The Kier molecular flexibility index (Phi) is 4.65. The van der Waals surface area contributed by atoms with E-state index in [1.54, 1.807) is 6.92 Å². The lowest BCUT2D eigenvalue weighted by molar-refractivity contribution is -0.136. The smallest absolute Gasteiger partial charge is 0.311 e. The topological polar surface area (TPSA) is 79.5 Å². The molecule has 22 heavy (non-hydrogen) atoms. The van der Waals surface area contributed by atoms with Crippen LogP contribution < -0.4 is 5.32 Å². The molecular formula is C17H19NO4. The van der Waals surface area contributed by atoms with Gasteiger partial charge >= 0.3 is 5.97 Å². The summed E-state index contributed by atoms with van der Waals surface area (Å²) < 4.78 is 5.20. The third kappa shape index (κ3) is 3.36. The first-order valence-corrected chi connectivity index (χ1v) is 7.05. The monoisotopic (exact) mass is 301 g/mol. The van der Waals surface area contributed by atoms with Crippen molar-refractivity contribution in [2.75, 3.05) is 0 Å². The third-order valence-electron chi connectivity index (χ3n) is 3.59.